The fourth-order valence-electron chi connectivity index (χ4n) is 9.70. The van der Waals surface area contributed by atoms with Crippen molar-refractivity contribution in [3.8, 4) is 84.4 Å². The van der Waals surface area contributed by atoms with E-state index in [0.717, 1.165) is 99.5 Å². The summed E-state index contributed by atoms with van der Waals surface area (Å²) in [5.41, 5.74) is 16.8. The van der Waals surface area contributed by atoms with Crippen molar-refractivity contribution in [3.05, 3.63) is 243 Å². The number of para-hydroxylation sites is 1. The van der Waals surface area contributed by atoms with Gasteiger partial charge in [-0.25, -0.2) is 15.0 Å². The first kappa shape index (κ1) is 39.2. The monoisotopic (exact) mass is 868 g/mol. The quantitative estimate of drug-likeness (QED) is 0.153. The number of hydrogen-bond acceptors (Lipinski definition) is 4. The molecule has 68 heavy (non-hydrogen) atoms. The minimum absolute atomic E-state index is 0.578. The van der Waals surface area contributed by atoms with Crippen molar-refractivity contribution in [3.63, 3.8) is 0 Å². The molecule has 0 aliphatic carbocycles. The van der Waals surface area contributed by atoms with E-state index in [1.54, 1.807) is 0 Å². The lowest BCUT2D eigenvalue weighted by Crippen LogP contribution is -2.00. The number of furan rings is 1. The van der Waals surface area contributed by atoms with Gasteiger partial charge in [-0.05, 0) is 74.8 Å². The molecule has 3 aromatic heterocycles. The third-order valence-corrected chi connectivity index (χ3v) is 13.1. The molecule has 5 heteroatoms. The van der Waals surface area contributed by atoms with Crippen molar-refractivity contribution >= 4 is 43.7 Å². The van der Waals surface area contributed by atoms with Gasteiger partial charge >= 0.3 is 0 Å². The van der Waals surface area contributed by atoms with Gasteiger partial charge in [0.25, 0.3) is 0 Å². The third-order valence-electron chi connectivity index (χ3n) is 13.1. The Morgan fingerprint density at radius 3 is 1.31 bits per heavy atom. The second-order valence-corrected chi connectivity index (χ2v) is 17.2. The van der Waals surface area contributed by atoms with E-state index in [0.29, 0.717) is 17.5 Å². The highest BCUT2D eigenvalue weighted by molar-refractivity contribution is 6.19. The van der Waals surface area contributed by atoms with E-state index in [1.165, 1.54) is 11.1 Å². The summed E-state index contributed by atoms with van der Waals surface area (Å²) in [5.74, 6) is 1.77. The van der Waals surface area contributed by atoms with Gasteiger partial charge in [0.1, 0.15) is 11.2 Å². The summed E-state index contributed by atoms with van der Waals surface area (Å²) in [4.78, 5) is 15.6. The highest BCUT2D eigenvalue weighted by atomic mass is 16.3. The van der Waals surface area contributed by atoms with E-state index in [4.69, 9.17) is 19.4 Å². The van der Waals surface area contributed by atoms with E-state index in [2.05, 4.69) is 223 Å². The summed E-state index contributed by atoms with van der Waals surface area (Å²) in [5, 5.41) is 4.26. The van der Waals surface area contributed by atoms with E-state index in [1.807, 2.05) is 24.3 Å². The van der Waals surface area contributed by atoms with Crippen LogP contribution in [0, 0.1) is 0 Å². The molecule has 5 nitrogen and oxygen atoms in total. The zero-order chi connectivity index (χ0) is 45.0. The molecule has 0 N–H and O–H groups in total. The molecule has 0 amide bonds. The molecular formula is C63H40N4O. The van der Waals surface area contributed by atoms with Gasteiger partial charge in [-0.2, -0.15) is 0 Å². The van der Waals surface area contributed by atoms with Gasteiger partial charge < -0.3 is 8.98 Å². The Kier molecular flexibility index (Phi) is 9.43. The van der Waals surface area contributed by atoms with Crippen LogP contribution in [0.4, 0.5) is 0 Å². The molecule has 0 aliphatic rings. The van der Waals surface area contributed by atoms with Crippen LogP contribution in [0.2, 0.25) is 0 Å². The van der Waals surface area contributed by atoms with Gasteiger partial charge in [-0.1, -0.05) is 206 Å². The topological polar surface area (TPSA) is 56.7 Å². The maximum absolute atomic E-state index is 6.81. The van der Waals surface area contributed by atoms with Crippen molar-refractivity contribution < 1.29 is 4.42 Å². The number of hydrogen-bond donors (Lipinski definition) is 0. The van der Waals surface area contributed by atoms with Gasteiger partial charge in [-0.3, -0.25) is 0 Å². The Morgan fingerprint density at radius 1 is 0.279 bits per heavy atom. The van der Waals surface area contributed by atoms with E-state index in [9.17, 15) is 0 Å². The van der Waals surface area contributed by atoms with Gasteiger partial charge in [-0.15, -0.1) is 0 Å². The standard InChI is InChI=1S/C63H40N4O/c1-4-14-41(15-5-1)44-26-28-47(29-27-44)50-20-12-21-51(38-50)67-56-24-11-10-22-52(56)54-39-55-59(40-57(54)67)68-58-25-13-23-53(60(55)58)63-65-61(48-34-30-45(31-35-48)42-16-6-2-7-17-42)64-62(66-63)49-36-32-46(33-37-49)43-18-8-3-9-19-43/h1-40H. The van der Waals surface area contributed by atoms with E-state index >= 15 is 0 Å². The van der Waals surface area contributed by atoms with Crippen LogP contribution in [-0.4, -0.2) is 19.5 Å². The smallest absolute Gasteiger partial charge is 0.164 e. The number of aromatic nitrogens is 4. The summed E-state index contributed by atoms with van der Waals surface area (Å²) < 4.78 is 9.16. The van der Waals surface area contributed by atoms with Gasteiger partial charge in [0.05, 0.1) is 11.0 Å². The first-order chi connectivity index (χ1) is 33.7. The molecule has 0 saturated heterocycles. The maximum Gasteiger partial charge on any atom is 0.164 e. The van der Waals surface area contributed by atoms with Crippen molar-refractivity contribution in [2.75, 3.05) is 0 Å². The molecule has 3 heterocycles. The molecule has 0 spiro atoms. The van der Waals surface area contributed by atoms with Crippen molar-refractivity contribution in [2.24, 2.45) is 0 Å². The zero-order valence-electron chi connectivity index (χ0n) is 36.8. The molecule has 0 fully saturated rings. The SMILES string of the molecule is c1ccc(-c2ccc(-c3cccc(-n4c5ccccc5c5cc6c(cc54)oc4cccc(-c5nc(-c7ccc(-c8ccccc8)cc7)nc(-c7ccc(-c8ccccc8)cc7)n5)c46)c3)cc2)cc1. The second-order valence-electron chi connectivity index (χ2n) is 17.2. The van der Waals surface area contributed by atoms with Crippen LogP contribution in [0.1, 0.15) is 0 Å². The van der Waals surface area contributed by atoms with Crippen LogP contribution in [0.15, 0.2) is 247 Å². The molecule has 0 aliphatic heterocycles. The Hall–Kier alpha value is -9.19. The molecule has 0 atom stereocenters. The third kappa shape index (κ3) is 6.93. The molecule has 0 saturated carbocycles. The van der Waals surface area contributed by atoms with Crippen molar-refractivity contribution in [2.45, 2.75) is 0 Å². The van der Waals surface area contributed by atoms with Gasteiger partial charge in [0.15, 0.2) is 17.5 Å². The Balaban J connectivity index is 0.950. The molecule has 0 bridgehead atoms. The summed E-state index contributed by atoms with van der Waals surface area (Å²) >= 11 is 0. The fraction of sp³-hybridized carbons (Fsp3) is 0. The second kappa shape index (κ2) is 16.4. The Bertz CT molecular complexity index is 3870. The number of benzene rings is 10. The average Bonchev–Trinajstić information content (AvgIpc) is 3.95. The highest BCUT2D eigenvalue weighted by Crippen LogP contribution is 2.42. The lowest BCUT2D eigenvalue weighted by Gasteiger charge is -2.11. The van der Waals surface area contributed by atoms with E-state index in [-0.39, 0.29) is 0 Å². The molecule has 10 aromatic carbocycles. The molecule has 0 unspecified atom stereocenters. The minimum Gasteiger partial charge on any atom is -0.456 e. The Morgan fingerprint density at radius 2 is 0.735 bits per heavy atom. The first-order valence-corrected chi connectivity index (χ1v) is 22.9. The number of nitrogens with zero attached hydrogens (tertiary/aromatic N) is 4. The Labute approximate surface area is 392 Å². The largest absolute Gasteiger partial charge is 0.456 e. The zero-order valence-corrected chi connectivity index (χ0v) is 36.8. The summed E-state index contributed by atoms with van der Waals surface area (Å²) in [6.07, 6.45) is 0. The lowest BCUT2D eigenvalue weighted by molar-refractivity contribution is 0.669. The van der Waals surface area contributed by atoms with Crippen molar-refractivity contribution in [1.29, 1.82) is 0 Å². The molecule has 13 rings (SSSR count). The number of fused-ring (bicyclic) bond motifs is 6. The molecule has 318 valence electrons. The molecular weight excluding hydrogens is 829 g/mol. The minimum atomic E-state index is 0.578. The van der Waals surface area contributed by atoms with Crippen LogP contribution in [-0.2, 0) is 0 Å². The summed E-state index contributed by atoms with van der Waals surface area (Å²) in [6, 6.07) is 85.2. The summed E-state index contributed by atoms with van der Waals surface area (Å²) in [7, 11) is 0. The van der Waals surface area contributed by atoms with Gasteiger partial charge in [0, 0.05) is 50.0 Å². The van der Waals surface area contributed by atoms with Crippen LogP contribution < -0.4 is 0 Å². The predicted octanol–water partition coefficient (Wildman–Crippen LogP) is 16.5. The van der Waals surface area contributed by atoms with Crippen molar-refractivity contribution in [1.82, 2.24) is 19.5 Å². The lowest BCUT2D eigenvalue weighted by atomic mass is 10.00. The van der Waals surface area contributed by atoms with Crippen LogP contribution >= 0.6 is 0 Å². The molecule has 0 radical (unpaired) electrons. The highest BCUT2D eigenvalue weighted by Gasteiger charge is 2.21. The van der Waals surface area contributed by atoms with Crippen LogP contribution in [0.5, 0.6) is 0 Å². The van der Waals surface area contributed by atoms with Crippen LogP contribution in [0.3, 0.4) is 0 Å². The van der Waals surface area contributed by atoms with Crippen LogP contribution in [0.25, 0.3) is 128 Å². The van der Waals surface area contributed by atoms with E-state index < -0.39 is 0 Å². The first-order valence-electron chi connectivity index (χ1n) is 22.9. The maximum atomic E-state index is 6.81. The predicted molar refractivity (Wildman–Crippen MR) is 279 cm³/mol. The number of rotatable bonds is 8. The van der Waals surface area contributed by atoms with Gasteiger partial charge in [0.2, 0.25) is 0 Å². The normalized spacial score (nSPS) is 11.5. The molecule has 13 aromatic rings. The average molecular weight is 869 g/mol. The summed E-state index contributed by atoms with van der Waals surface area (Å²) in [6.45, 7) is 0. The fourth-order valence-corrected chi connectivity index (χ4v) is 9.70.